The molecular formula is C48H48ClF6N11O18S3. The van der Waals surface area contributed by atoms with Crippen LogP contribution in [0.3, 0.4) is 0 Å². The van der Waals surface area contributed by atoms with Crippen molar-refractivity contribution < 1.29 is 104 Å². The number of anilines is 2. The quantitative estimate of drug-likeness (QED) is 0.0248. The van der Waals surface area contributed by atoms with Crippen molar-refractivity contribution in [2.45, 2.75) is 73.8 Å². The number of sulfone groups is 1. The molecule has 0 saturated carbocycles. The van der Waals surface area contributed by atoms with E-state index in [-0.39, 0.29) is 69.9 Å². The number of carbonyl (C=O) groups is 4. The van der Waals surface area contributed by atoms with Crippen LogP contribution in [0.2, 0.25) is 5.02 Å². The molecule has 0 bridgehead atoms. The first kappa shape index (κ1) is 70.2. The van der Waals surface area contributed by atoms with Gasteiger partial charge in [-0.3, -0.25) is 20.7 Å². The number of alkyl halides is 6. The number of amides is 4. The fourth-order valence-corrected chi connectivity index (χ4v) is 10.4. The summed E-state index contributed by atoms with van der Waals surface area (Å²) in [6, 6.07) is 11.7. The Morgan fingerprint density at radius 2 is 1.33 bits per heavy atom. The number of urea groups is 2. The number of sulfonamides is 2. The van der Waals surface area contributed by atoms with Gasteiger partial charge >= 0.3 is 42.4 Å². The van der Waals surface area contributed by atoms with Gasteiger partial charge in [0.1, 0.15) is 27.8 Å². The van der Waals surface area contributed by atoms with Crippen LogP contribution in [0.15, 0.2) is 99.9 Å². The maximum Gasteiger partial charge on any atom is 0.416 e. The highest BCUT2D eigenvalue weighted by Crippen LogP contribution is 2.37. The molecule has 0 aliphatic rings. The van der Waals surface area contributed by atoms with E-state index in [1.165, 1.54) is 72.4 Å². The monoisotopic (exact) mass is 1310 g/mol. The smallest absolute Gasteiger partial charge is 0.416 e. The average Bonchev–Trinajstić information content (AvgIpc) is 3.62. The minimum atomic E-state index is -4.61. The van der Waals surface area contributed by atoms with E-state index in [9.17, 15) is 80.9 Å². The van der Waals surface area contributed by atoms with Crippen molar-refractivity contribution >= 4 is 83.1 Å². The Hall–Kier alpha value is -9.30. The molecule has 0 saturated heterocycles. The van der Waals surface area contributed by atoms with Crippen LogP contribution in [0.1, 0.15) is 54.5 Å². The van der Waals surface area contributed by atoms with Crippen LogP contribution in [0.4, 0.5) is 53.5 Å². The van der Waals surface area contributed by atoms with E-state index in [1.54, 1.807) is 16.4 Å². The third-order valence-electron chi connectivity index (χ3n) is 10.3. The Morgan fingerprint density at radius 3 is 1.89 bits per heavy atom. The summed E-state index contributed by atoms with van der Waals surface area (Å²) < 4.78 is 183. The molecule has 87 heavy (non-hydrogen) atoms. The number of nitrogens with one attached hydrogen (secondary N) is 4. The Kier molecular flexibility index (Phi) is 24.3. The van der Waals surface area contributed by atoms with E-state index in [0.717, 1.165) is 48.7 Å². The highest BCUT2D eigenvalue weighted by atomic mass is 35.5. The molecule has 0 fully saturated rings. The summed E-state index contributed by atoms with van der Waals surface area (Å²) in [5, 5.41) is 14.3. The summed E-state index contributed by atoms with van der Waals surface area (Å²) in [7, 11) is -8.99. The number of hydrogen-bond acceptors (Lipinski definition) is 24. The van der Waals surface area contributed by atoms with Crippen LogP contribution in [0, 0.1) is 17.0 Å². The number of hydrogen-bond donors (Lipinski definition) is 4. The predicted molar refractivity (Wildman–Crippen MR) is 289 cm³/mol. The molecule has 0 aliphatic heterocycles. The van der Waals surface area contributed by atoms with Crippen LogP contribution in [0.5, 0.6) is 29.3 Å². The number of halogens is 7. The molecule has 0 aliphatic carbocycles. The van der Waals surface area contributed by atoms with Crippen molar-refractivity contribution in [3.63, 3.8) is 0 Å². The van der Waals surface area contributed by atoms with Crippen molar-refractivity contribution in [2.75, 3.05) is 44.3 Å². The Bertz CT molecular complexity index is 3830. The van der Waals surface area contributed by atoms with Crippen molar-refractivity contribution in [1.82, 2.24) is 39.3 Å². The number of benzene rings is 3. The van der Waals surface area contributed by atoms with Crippen LogP contribution >= 0.6 is 11.6 Å². The van der Waals surface area contributed by atoms with E-state index in [4.69, 9.17) is 40.0 Å². The molecule has 0 spiro atoms. The van der Waals surface area contributed by atoms with Gasteiger partial charge in [-0.15, -0.1) is 0 Å². The standard InChI is InChI=1S/C19H15ClF3NO7.C15H16F3N5O4S.C14H17N5O7S2/c1-3-29-17(25)10(2)30-18(26)13-9-12(5-6-15(13)24(27)28)31-16-7-4-11(8-14(16)20)19(21,22)23;1-9-19-12(22-14(20-9)27-2)21-13(24)23-28(25,26)11-6-4-3-5-10(11)7-8-15(16,17)18;1-4-27(21,22)9-6-5-7-15-12(9)28(23,24)19-14(20)18-13-16-10(25-2)8-11(17-13)26-3/h4-10H,3H2,1-2H3;3-6H,7-8H2,1-2H3,(H2,19,20,21,22,23,24);5-8H,4H2,1-3H3,(H2,16,17,18,19,20). The summed E-state index contributed by atoms with van der Waals surface area (Å²) >= 11 is 5.83. The molecule has 6 aromatic rings. The van der Waals surface area contributed by atoms with Gasteiger partial charge in [0.15, 0.2) is 21.0 Å². The predicted octanol–water partition coefficient (Wildman–Crippen LogP) is 7.55. The molecule has 29 nitrogen and oxygen atoms in total. The zero-order chi connectivity index (χ0) is 65.2. The van der Waals surface area contributed by atoms with Crippen molar-refractivity contribution in [3.8, 4) is 29.3 Å². The molecule has 4 amide bonds. The van der Waals surface area contributed by atoms with Gasteiger partial charge in [0.2, 0.25) is 23.7 Å². The molecular weight excluding hydrogens is 1260 g/mol. The van der Waals surface area contributed by atoms with Crippen molar-refractivity contribution in [2.24, 2.45) is 0 Å². The second-order valence-electron chi connectivity index (χ2n) is 16.5. The zero-order valence-corrected chi connectivity index (χ0v) is 49.0. The Labute approximate surface area is 494 Å². The highest BCUT2D eigenvalue weighted by molar-refractivity contribution is 7.93. The summed E-state index contributed by atoms with van der Waals surface area (Å²) in [5.74, 6) is -2.93. The third kappa shape index (κ3) is 21.0. The normalized spacial score (nSPS) is 11.8. The van der Waals surface area contributed by atoms with Gasteiger partial charge in [-0.2, -0.15) is 59.7 Å². The first-order valence-corrected chi connectivity index (χ1v) is 29.0. The second kappa shape index (κ2) is 30.2. The number of nitro benzene ring substituents is 1. The van der Waals surface area contributed by atoms with Gasteiger partial charge in [-0.05, 0) is 75.2 Å². The topological polar surface area (TPSA) is 395 Å². The summed E-state index contributed by atoms with van der Waals surface area (Å²) in [6.45, 7) is 5.67. The molecule has 0 radical (unpaired) electrons. The zero-order valence-electron chi connectivity index (χ0n) is 45.8. The van der Waals surface area contributed by atoms with Gasteiger partial charge in [0, 0.05) is 24.8 Å². The molecule has 470 valence electrons. The lowest BCUT2D eigenvalue weighted by atomic mass is 10.1. The summed E-state index contributed by atoms with van der Waals surface area (Å²) in [5.41, 5.74) is -2.24. The fraction of sp³-hybridized carbons (Fsp3) is 0.292. The highest BCUT2D eigenvalue weighted by Gasteiger charge is 2.33. The molecule has 6 rings (SSSR count). The van der Waals surface area contributed by atoms with Gasteiger partial charge < -0.3 is 28.4 Å². The number of rotatable bonds is 20. The van der Waals surface area contributed by atoms with Crippen molar-refractivity contribution in [1.29, 1.82) is 0 Å². The van der Waals surface area contributed by atoms with E-state index < -0.39 is 122 Å². The summed E-state index contributed by atoms with van der Waals surface area (Å²) in [4.78, 5) is 80.1. The van der Waals surface area contributed by atoms with Crippen molar-refractivity contribution in [3.05, 3.63) is 123 Å². The van der Waals surface area contributed by atoms with E-state index in [2.05, 4.69) is 40.5 Å². The molecule has 3 heterocycles. The Morgan fingerprint density at radius 1 is 0.736 bits per heavy atom. The first-order chi connectivity index (χ1) is 40.6. The molecule has 1 unspecified atom stereocenters. The van der Waals surface area contributed by atoms with E-state index in [1.807, 2.05) is 0 Å². The number of nitro groups is 1. The molecule has 39 heteroatoms. The van der Waals surface area contributed by atoms with Gasteiger partial charge in [-0.25, -0.2) is 50.4 Å². The molecule has 3 aromatic carbocycles. The van der Waals surface area contributed by atoms with Gasteiger partial charge in [0.05, 0.1) is 60.2 Å². The van der Waals surface area contributed by atoms with Crippen LogP contribution in [-0.2, 0) is 56.7 Å². The number of pyridine rings is 1. The third-order valence-corrected chi connectivity index (χ3v) is 15.2. The van der Waals surface area contributed by atoms with Crippen LogP contribution in [-0.4, -0.2) is 130 Å². The maximum absolute atomic E-state index is 12.8. The minimum absolute atomic E-state index is 0.0398. The van der Waals surface area contributed by atoms with E-state index >= 15 is 0 Å². The number of aryl methyl sites for hydroxylation is 2. The van der Waals surface area contributed by atoms with Gasteiger partial charge in [-0.1, -0.05) is 36.7 Å². The van der Waals surface area contributed by atoms with Crippen LogP contribution < -0.4 is 39.0 Å². The SMILES string of the molecule is CCOC(=O)C(C)OC(=O)c1cc(Oc2ccc(C(F)(F)F)cc2Cl)ccc1[N+](=O)[O-].CCS(=O)(=O)c1cccnc1S(=O)(=O)NC(=O)Nc1nc(OC)cc(OC)n1.COc1nc(C)nc(NC(=O)NS(=O)(=O)c2ccccc2CCC(F)(F)F)n1. The Balaban J connectivity index is 0.000000280. The number of nitrogens with zero attached hydrogens (tertiary/aromatic N) is 7. The lowest BCUT2D eigenvalue weighted by Crippen LogP contribution is -2.36. The number of carbonyl (C=O) groups excluding carboxylic acids is 4. The second-order valence-corrected chi connectivity index (χ2v) is 22.4. The lowest BCUT2D eigenvalue weighted by Gasteiger charge is -2.13. The number of ether oxygens (including phenoxy) is 6. The first-order valence-electron chi connectivity index (χ1n) is 24.0. The number of methoxy groups -OCH3 is 3. The number of esters is 2. The fourth-order valence-electron chi connectivity index (χ4n) is 6.41. The molecule has 1 atom stereocenters. The lowest BCUT2D eigenvalue weighted by molar-refractivity contribution is -0.385. The largest absolute Gasteiger partial charge is 0.481 e. The van der Waals surface area contributed by atoms with E-state index in [0.29, 0.717) is 6.07 Å². The molecule has 4 N–H and O–H groups in total. The van der Waals surface area contributed by atoms with Gasteiger partial charge in [0.25, 0.3) is 25.7 Å². The maximum atomic E-state index is 12.8. The number of aromatic nitrogens is 6. The minimum Gasteiger partial charge on any atom is -0.481 e. The van der Waals surface area contributed by atoms with Crippen LogP contribution in [0.25, 0.3) is 0 Å². The average molecular weight is 1310 g/mol. The molecule has 3 aromatic heterocycles. The summed E-state index contributed by atoms with van der Waals surface area (Å²) in [6.07, 6.45) is -11.0.